The molecule has 2 aromatic rings. The average Bonchev–Trinajstić information content (AvgIpc) is 3.07. The van der Waals surface area contributed by atoms with Crippen LogP contribution < -0.4 is 5.32 Å². The normalized spacial score (nSPS) is 10.0. The molecule has 0 saturated carbocycles. The van der Waals surface area contributed by atoms with E-state index < -0.39 is 11.9 Å². The summed E-state index contributed by atoms with van der Waals surface area (Å²) in [5, 5.41) is 13.3. The average molecular weight is 344 g/mol. The van der Waals surface area contributed by atoms with Gasteiger partial charge in [0.15, 0.2) is 6.61 Å². The van der Waals surface area contributed by atoms with Crippen molar-refractivity contribution in [3.05, 3.63) is 47.9 Å². The van der Waals surface area contributed by atoms with Crippen molar-refractivity contribution in [2.45, 2.75) is 24.7 Å². The van der Waals surface area contributed by atoms with Crippen molar-refractivity contribution in [3.8, 4) is 5.40 Å². The highest BCUT2D eigenvalue weighted by molar-refractivity contribution is 8.03. The van der Waals surface area contributed by atoms with E-state index in [1.807, 2.05) is 12.3 Å². The van der Waals surface area contributed by atoms with Crippen molar-refractivity contribution in [1.82, 2.24) is 0 Å². The van der Waals surface area contributed by atoms with E-state index >= 15 is 0 Å². The fraction of sp³-hybridized carbons (Fsp3) is 0.235. The van der Waals surface area contributed by atoms with Crippen LogP contribution in [0, 0.1) is 17.6 Å². The molecular formula is C17H16N2O4S. The van der Waals surface area contributed by atoms with Gasteiger partial charge in [0.2, 0.25) is 0 Å². The Hall–Kier alpha value is -2.72. The number of nitriles is 1. The van der Waals surface area contributed by atoms with Crippen LogP contribution in [0.2, 0.25) is 0 Å². The minimum Gasteiger partial charge on any atom is -0.469 e. The van der Waals surface area contributed by atoms with Crippen LogP contribution in [0.1, 0.15) is 17.7 Å². The molecule has 0 saturated heterocycles. The minimum atomic E-state index is -0.459. The first-order valence-corrected chi connectivity index (χ1v) is 8.04. The number of thiocyanates is 1. The van der Waals surface area contributed by atoms with Gasteiger partial charge in [-0.2, -0.15) is 5.26 Å². The van der Waals surface area contributed by atoms with Gasteiger partial charge >= 0.3 is 5.97 Å². The second-order valence-corrected chi connectivity index (χ2v) is 5.82. The highest BCUT2D eigenvalue weighted by Crippen LogP contribution is 2.23. The van der Waals surface area contributed by atoms with E-state index in [4.69, 9.17) is 14.4 Å². The number of anilines is 1. The molecule has 2 rings (SSSR count). The molecule has 7 heteroatoms. The van der Waals surface area contributed by atoms with E-state index in [2.05, 4.69) is 5.32 Å². The van der Waals surface area contributed by atoms with Crippen LogP contribution in [0.5, 0.6) is 0 Å². The maximum Gasteiger partial charge on any atom is 0.306 e. The summed E-state index contributed by atoms with van der Waals surface area (Å²) in [6.07, 6.45) is 2.13. The molecule has 1 N–H and O–H groups in total. The molecule has 24 heavy (non-hydrogen) atoms. The Labute approximate surface area is 143 Å². The quantitative estimate of drug-likeness (QED) is 0.471. The fourth-order valence-electron chi connectivity index (χ4n) is 1.98. The molecule has 124 valence electrons. The Morgan fingerprint density at radius 2 is 2.21 bits per heavy atom. The maximum atomic E-state index is 11.8. The summed E-state index contributed by atoms with van der Waals surface area (Å²) in [6, 6.07) is 8.78. The van der Waals surface area contributed by atoms with Crippen molar-refractivity contribution in [2.75, 3.05) is 11.9 Å². The lowest BCUT2D eigenvalue weighted by molar-refractivity contribution is -0.147. The molecule has 1 amide bonds. The van der Waals surface area contributed by atoms with Crippen molar-refractivity contribution in [1.29, 1.82) is 5.26 Å². The van der Waals surface area contributed by atoms with Gasteiger partial charge in [-0.05, 0) is 54.6 Å². The van der Waals surface area contributed by atoms with Gasteiger partial charge in [-0.1, -0.05) is 0 Å². The number of carbonyl (C=O) groups is 2. The Bertz CT molecular complexity index is 750. The topological polar surface area (TPSA) is 92.3 Å². The summed E-state index contributed by atoms with van der Waals surface area (Å²) < 4.78 is 10.1. The van der Waals surface area contributed by atoms with E-state index in [0.29, 0.717) is 17.9 Å². The van der Waals surface area contributed by atoms with Gasteiger partial charge in [0.25, 0.3) is 5.91 Å². The molecule has 1 aromatic carbocycles. The van der Waals surface area contributed by atoms with Crippen LogP contribution >= 0.6 is 11.8 Å². The number of rotatable bonds is 7. The standard InChI is InChI=1S/C17H16N2O4S/c1-12-9-14(24-11-18)5-6-15(12)19-16(20)10-23-17(21)7-4-13-3-2-8-22-13/h2-3,5-6,8-9H,4,7,10H2,1H3,(H,19,20). The molecule has 0 aliphatic carbocycles. The highest BCUT2D eigenvalue weighted by atomic mass is 32.2. The Balaban J connectivity index is 1.76. The van der Waals surface area contributed by atoms with Gasteiger partial charge in [0.1, 0.15) is 11.2 Å². The number of benzene rings is 1. The third-order valence-corrected chi connectivity index (χ3v) is 3.74. The Kier molecular flexibility index (Phi) is 6.46. The van der Waals surface area contributed by atoms with Crippen molar-refractivity contribution in [3.63, 3.8) is 0 Å². The second-order valence-electron chi connectivity index (χ2n) is 4.96. The van der Waals surface area contributed by atoms with E-state index in [1.165, 1.54) is 6.26 Å². The molecular weight excluding hydrogens is 328 g/mol. The second kappa shape index (κ2) is 8.79. The van der Waals surface area contributed by atoms with Crippen molar-refractivity contribution < 1.29 is 18.7 Å². The van der Waals surface area contributed by atoms with E-state index in [-0.39, 0.29) is 13.0 Å². The number of amides is 1. The van der Waals surface area contributed by atoms with Crippen molar-refractivity contribution in [2.24, 2.45) is 0 Å². The van der Waals surface area contributed by atoms with E-state index in [9.17, 15) is 9.59 Å². The number of thioether (sulfide) groups is 1. The summed E-state index contributed by atoms with van der Waals surface area (Å²) >= 11 is 1.05. The molecule has 1 heterocycles. The SMILES string of the molecule is Cc1cc(SC#N)ccc1NC(=O)COC(=O)CCc1ccco1. The van der Waals surface area contributed by atoms with Crippen LogP contribution in [-0.4, -0.2) is 18.5 Å². The first-order chi connectivity index (χ1) is 11.6. The molecule has 0 radical (unpaired) electrons. The molecule has 0 fully saturated rings. The first-order valence-electron chi connectivity index (χ1n) is 7.23. The summed E-state index contributed by atoms with van der Waals surface area (Å²) in [6.45, 7) is 1.48. The molecule has 0 unspecified atom stereocenters. The molecule has 0 aliphatic rings. The molecule has 0 atom stereocenters. The van der Waals surface area contributed by atoms with E-state index in [0.717, 1.165) is 22.2 Å². The summed E-state index contributed by atoms with van der Waals surface area (Å²) in [5.74, 6) is -0.175. The first kappa shape index (κ1) is 17.6. The van der Waals surface area contributed by atoms with Crippen molar-refractivity contribution >= 4 is 29.3 Å². The Morgan fingerprint density at radius 1 is 1.38 bits per heavy atom. The Morgan fingerprint density at radius 3 is 2.88 bits per heavy atom. The number of aryl methyl sites for hydroxylation is 2. The fourth-order valence-corrected chi connectivity index (χ4v) is 2.45. The minimum absolute atomic E-state index is 0.153. The van der Waals surface area contributed by atoms with Gasteiger partial charge in [-0.15, -0.1) is 0 Å². The smallest absolute Gasteiger partial charge is 0.306 e. The van der Waals surface area contributed by atoms with E-state index in [1.54, 1.807) is 30.3 Å². The summed E-state index contributed by atoms with van der Waals surface area (Å²) in [7, 11) is 0. The summed E-state index contributed by atoms with van der Waals surface area (Å²) in [5.41, 5.74) is 1.45. The third kappa shape index (κ3) is 5.48. The lowest BCUT2D eigenvalue weighted by atomic mass is 10.2. The van der Waals surface area contributed by atoms with Gasteiger partial charge in [-0.3, -0.25) is 9.59 Å². The molecule has 0 bridgehead atoms. The van der Waals surface area contributed by atoms with Crippen LogP contribution in [0.25, 0.3) is 0 Å². The monoisotopic (exact) mass is 344 g/mol. The number of carbonyl (C=O) groups excluding carboxylic acids is 2. The van der Waals surface area contributed by atoms with Gasteiger partial charge in [0.05, 0.1) is 12.7 Å². The third-order valence-electron chi connectivity index (χ3n) is 3.16. The zero-order valence-electron chi connectivity index (χ0n) is 13.1. The number of nitrogens with one attached hydrogen (secondary N) is 1. The largest absolute Gasteiger partial charge is 0.469 e. The zero-order valence-corrected chi connectivity index (χ0v) is 13.9. The number of ether oxygens (including phenoxy) is 1. The van der Waals surface area contributed by atoms with Gasteiger partial charge in [0, 0.05) is 17.0 Å². The number of hydrogen-bond donors (Lipinski definition) is 1. The number of esters is 1. The maximum absolute atomic E-state index is 11.8. The van der Waals surface area contributed by atoms with Gasteiger partial charge < -0.3 is 14.5 Å². The predicted molar refractivity (Wildman–Crippen MR) is 89.3 cm³/mol. The van der Waals surface area contributed by atoms with Crippen LogP contribution in [0.15, 0.2) is 45.9 Å². The van der Waals surface area contributed by atoms with Crippen LogP contribution in [0.3, 0.4) is 0 Å². The highest BCUT2D eigenvalue weighted by Gasteiger charge is 2.10. The molecule has 1 aromatic heterocycles. The number of furan rings is 1. The lowest BCUT2D eigenvalue weighted by Gasteiger charge is -2.09. The van der Waals surface area contributed by atoms with Crippen LogP contribution in [0.4, 0.5) is 5.69 Å². The number of hydrogen-bond acceptors (Lipinski definition) is 6. The molecule has 0 spiro atoms. The summed E-state index contributed by atoms with van der Waals surface area (Å²) in [4.78, 5) is 24.3. The zero-order chi connectivity index (χ0) is 17.4. The molecule has 6 nitrogen and oxygen atoms in total. The molecule has 0 aliphatic heterocycles. The predicted octanol–water partition coefficient (Wildman–Crippen LogP) is 3.28. The van der Waals surface area contributed by atoms with Crippen LogP contribution in [-0.2, 0) is 20.7 Å². The lowest BCUT2D eigenvalue weighted by Crippen LogP contribution is -2.21. The number of nitrogens with zero attached hydrogens (tertiary/aromatic N) is 1. The van der Waals surface area contributed by atoms with Gasteiger partial charge in [-0.25, -0.2) is 0 Å².